The van der Waals surface area contributed by atoms with Crippen LogP contribution in [0.15, 0.2) is 87.1 Å². The van der Waals surface area contributed by atoms with E-state index in [0.29, 0.717) is 0 Å². The third-order valence-electron chi connectivity index (χ3n) is 3.91. The highest BCUT2D eigenvalue weighted by Gasteiger charge is 2.26. The maximum Gasteiger partial charge on any atom is 0.161 e. The Morgan fingerprint density at radius 2 is 1.12 bits per heavy atom. The van der Waals surface area contributed by atoms with Crippen molar-refractivity contribution in [3.05, 3.63) is 82.8 Å². The van der Waals surface area contributed by atoms with E-state index in [1.807, 2.05) is 24.3 Å². The first kappa shape index (κ1) is 17.9. The van der Waals surface area contributed by atoms with Crippen LogP contribution in [0.2, 0.25) is 0 Å². The number of methoxy groups -OCH3 is 2. The van der Waals surface area contributed by atoms with Crippen LogP contribution in [0.1, 0.15) is 5.56 Å². The molecule has 3 rings (SSSR count). The molecule has 0 heterocycles. The van der Waals surface area contributed by atoms with Crippen molar-refractivity contribution in [2.24, 2.45) is 0 Å². The predicted molar refractivity (Wildman–Crippen MR) is 108 cm³/mol. The van der Waals surface area contributed by atoms with Gasteiger partial charge >= 0.3 is 0 Å². The number of rotatable bonds is 6. The molecule has 0 fully saturated rings. The molecule has 0 saturated carbocycles. The Bertz CT molecular complexity index is 751. The molecule has 0 atom stereocenters. The SMILES string of the molecule is COc1ccc([S+](Cc2ccc(Br)cc2)c2ccc(OC)cc2)cc1. The van der Waals surface area contributed by atoms with Crippen molar-refractivity contribution in [3.8, 4) is 11.5 Å². The lowest BCUT2D eigenvalue weighted by molar-refractivity contribution is 0.414. The summed E-state index contributed by atoms with van der Waals surface area (Å²) in [5.74, 6) is 2.72. The van der Waals surface area contributed by atoms with Gasteiger partial charge < -0.3 is 9.47 Å². The highest BCUT2D eigenvalue weighted by molar-refractivity contribution is 9.10. The van der Waals surface area contributed by atoms with Crippen LogP contribution in [0.3, 0.4) is 0 Å². The molecule has 0 aliphatic carbocycles. The molecular weight excluding hydrogens is 396 g/mol. The van der Waals surface area contributed by atoms with E-state index in [2.05, 4.69) is 64.5 Å². The highest BCUT2D eigenvalue weighted by Crippen LogP contribution is 2.30. The molecule has 3 aromatic carbocycles. The van der Waals surface area contributed by atoms with Gasteiger partial charge in [-0.1, -0.05) is 28.1 Å². The molecule has 128 valence electrons. The maximum atomic E-state index is 5.30. The average molecular weight is 416 g/mol. The first-order chi connectivity index (χ1) is 12.2. The molecule has 0 amide bonds. The monoisotopic (exact) mass is 415 g/mol. The van der Waals surface area contributed by atoms with E-state index >= 15 is 0 Å². The van der Waals surface area contributed by atoms with Gasteiger partial charge in [0.2, 0.25) is 0 Å². The Labute approximate surface area is 160 Å². The van der Waals surface area contributed by atoms with Crippen molar-refractivity contribution < 1.29 is 9.47 Å². The number of ether oxygens (including phenoxy) is 2. The first-order valence-electron chi connectivity index (χ1n) is 7.93. The van der Waals surface area contributed by atoms with Crippen LogP contribution in [-0.4, -0.2) is 14.2 Å². The number of benzene rings is 3. The topological polar surface area (TPSA) is 18.5 Å². The van der Waals surface area contributed by atoms with Crippen LogP contribution in [0.4, 0.5) is 0 Å². The molecule has 0 radical (unpaired) electrons. The molecule has 0 N–H and O–H groups in total. The summed E-state index contributed by atoms with van der Waals surface area (Å²) in [6, 6.07) is 25.3. The molecule has 0 bridgehead atoms. The molecule has 0 spiro atoms. The lowest BCUT2D eigenvalue weighted by Gasteiger charge is -2.10. The van der Waals surface area contributed by atoms with Gasteiger partial charge in [0.05, 0.1) is 25.1 Å². The predicted octanol–water partition coefficient (Wildman–Crippen LogP) is 5.70. The molecule has 4 heteroatoms. The Balaban J connectivity index is 1.95. The molecule has 25 heavy (non-hydrogen) atoms. The molecule has 2 nitrogen and oxygen atoms in total. The van der Waals surface area contributed by atoms with Gasteiger partial charge in [0, 0.05) is 10.0 Å². The minimum atomic E-state index is -0.0558. The van der Waals surface area contributed by atoms with E-state index in [0.717, 1.165) is 21.7 Å². The van der Waals surface area contributed by atoms with Crippen molar-refractivity contribution >= 4 is 26.8 Å². The second kappa shape index (κ2) is 8.45. The van der Waals surface area contributed by atoms with Gasteiger partial charge in [-0.15, -0.1) is 0 Å². The molecule has 0 aliphatic heterocycles. The Kier molecular flexibility index (Phi) is 6.05. The van der Waals surface area contributed by atoms with E-state index in [-0.39, 0.29) is 10.9 Å². The van der Waals surface area contributed by atoms with E-state index in [1.165, 1.54) is 15.4 Å². The first-order valence-corrected chi connectivity index (χ1v) is 10.1. The molecule has 3 aromatic rings. The van der Waals surface area contributed by atoms with Crippen LogP contribution in [0.25, 0.3) is 0 Å². The second-order valence-corrected chi connectivity index (χ2v) is 8.44. The summed E-state index contributed by atoms with van der Waals surface area (Å²) >= 11 is 3.51. The van der Waals surface area contributed by atoms with Gasteiger partial charge in [-0.25, -0.2) is 0 Å². The van der Waals surface area contributed by atoms with Gasteiger partial charge in [0.25, 0.3) is 0 Å². The lowest BCUT2D eigenvalue weighted by Crippen LogP contribution is -2.07. The van der Waals surface area contributed by atoms with Crippen molar-refractivity contribution in [3.63, 3.8) is 0 Å². The molecule has 0 aromatic heterocycles. The average Bonchev–Trinajstić information content (AvgIpc) is 2.68. The zero-order valence-corrected chi connectivity index (χ0v) is 16.6. The molecule has 0 aliphatic rings. The van der Waals surface area contributed by atoms with Gasteiger partial charge in [-0.3, -0.25) is 0 Å². The lowest BCUT2D eigenvalue weighted by atomic mass is 10.2. The van der Waals surface area contributed by atoms with Crippen LogP contribution in [0.5, 0.6) is 11.5 Å². The highest BCUT2D eigenvalue weighted by atomic mass is 79.9. The van der Waals surface area contributed by atoms with Crippen LogP contribution in [0, 0.1) is 0 Å². The van der Waals surface area contributed by atoms with E-state index in [1.54, 1.807) is 14.2 Å². The summed E-state index contributed by atoms with van der Waals surface area (Å²) in [5, 5.41) is 0. The fraction of sp³-hybridized carbons (Fsp3) is 0.143. The quantitative estimate of drug-likeness (QED) is 0.480. The number of hydrogen-bond donors (Lipinski definition) is 0. The maximum absolute atomic E-state index is 5.30. The van der Waals surface area contributed by atoms with Crippen molar-refractivity contribution in [1.29, 1.82) is 0 Å². The van der Waals surface area contributed by atoms with Crippen LogP contribution in [-0.2, 0) is 16.6 Å². The zero-order valence-electron chi connectivity index (χ0n) is 14.2. The van der Waals surface area contributed by atoms with Gasteiger partial charge in [-0.2, -0.15) is 0 Å². The smallest absolute Gasteiger partial charge is 0.161 e. The van der Waals surface area contributed by atoms with Crippen molar-refractivity contribution in [1.82, 2.24) is 0 Å². The summed E-state index contributed by atoms with van der Waals surface area (Å²) in [7, 11) is 3.33. The molecule has 0 saturated heterocycles. The van der Waals surface area contributed by atoms with Gasteiger partial charge in [-0.05, 0) is 60.7 Å². The fourth-order valence-corrected chi connectivity index (χ4v) is 4.85. The van der Waals surface area contributed by atoms with E-state index < -0.39 is 0 Å². The minimum absolute atomic E-state index is 0.0558. The Hall–Kier alpha value is -1.91. The zero-order chi connectivity index (χ0) is 17.6. The Morgan fingerprint density at radius 1 is 0.680 bits per heavy atom. The summed E-state index contributed by atoms with van der Waals surface area (Å²) in [5.41, 5.74) is 1.32. The summed E-state index contributed by atoms with van der Waals surface area (Å²) in [6.45, 7) is 0. The molecular formula is C21H20BrO2S+. The summed E-state index contributed by atoms with van der Waals surface area (Å²) < 4.78 is 11.7. The van der Waals surface area contributed by atoms with Gasteiger partial charge in [0.15, 0.2) is 9.79 Å². The minimum Gasteiger partial charge on any atom is -0.497 e. The van der Waals surface area contributed by atoms with E-state index in [9.17, 15) is 0 Å². The van der Waals surface area contributed by atoms with Crippen LogP contribution >= 0.6 is 15.9 Å². The van der Waals surface area contributed by atoms with Crippen molar-refractivity contribution in [2.75, 3.05) is 14.2 Å². The third-order valence-corrected chi connectivity index (χ3v) is 6.75. The largest absolute Gasteiger partial charge is 0.497 e. The van der Waals surface area contributed by atoms with Crippen LogP contribution < -0.4 is 9.47 Å². The van der Waals surface area contributed by atoms with Gasteiger partial charge in [0.1, 0.15) is 17.3 Å². The third kappa shape index (κ3) is 4.59. The summed E-state index contributed by atoms with van der Waals surface area (Å²) in [6.07, 6.45) is 0. The second-order valence-electron chi connectivity index (χ2n) is 5.51. The fourth-order valence-electron chi connectivity index (χ4n) is 2.53. The summed E-state index contributed by atoms with van der Waals surface area (Å²) in [4.78, 5) is 2.60. The Morgan fingerprint density at radius 3 is 1.52 bits per heavy atom. The van der Waals surface area contributed by atoms with E-state index in [4.69, 9.17) is 9.47 Å². The normalized spacial score (nSPS) is 10.7. The molecule has 0 unspecified atom stereocenters. The standard InChI is InChI=1S/C21H20BrO2S/c1-23-18-7-11-20(12-8-18)25(15-16-3-5-17(22)6-4-16)21-13-9-19(24-2)10-14-21/h3-14H,15H2,1-2H3/q+1. The number of hydrogen-bond acceptors (Lipinski definition) is 2. The number of halogens is 1. The van der Waals surface area contributed by atoms with Crippen molar-refractivity contribution in [2.45, 2.75) is 15.5 Å².